The van der Waals surface area contributed by atoms with Gasteiger partial charge in [0.2, 0.25) is 10.0 Å². The third-order valence-electron chi connectivity index (χ3n) is 4.05. The Balaban J connectivity index is 1.55. The minimum absolute atomic E-state index is 0.0464. The van der Waals surface area contributed by atoms with Gasteiger partial charge in [0.15, 0.2) is 0 Å². The molecule has 0 fully saturated rings. The zero-order valence-electron chi connectivity index (χ0n) is 14.8. The smallest absolute Gasteiger partial charge is 0.251 e. The Morgan fingerprint density at radius 3 is 2.52 bits per heavy atom. The summed E-state index contributed by atoms with van der Waals surface area (Å²) < 4.78 is 31.5. The van der Waals surface area contributed by atoms with Crippen LogP contribution < -0.4 is 14.8 Å². The zero-order valence-corrected chi connectivity index (χ0v) is 15.6. The first-order chi connectivity index (χ1) is 13.0. The van der Waals surface area contributed by atoms with Crippen molar-refractivity contribution in [1.29, 1.82) is 0 Å². The van der Waals surface area contributed by atoms with Gasteiger partial charge < -0.3 is 10.1 Å². The van der Waals surface area contributed by atoms with Crippen molar-refractivity contribution in [2.75, 3.05) is 20.2 Å². The fourth-order valence-corrected chi connectivity index (χ4v) is 3.39. The van der Waals surface area contributed by atoms with Crippen LogP contribution in [0.4, 0.5) is 0 Å². The highest BCUT2D eigenvalue weighted by Gasteiger charge is 2.14. The van der Waals surface area contributed by atoms with Crippen molar-refractivity contribution in [2.45, 2.75) is 4.90 Å². The number of sulfonamides is 1. The van der Waals surface area contributed by atoms with Gasteiger partial charge in [-0.15, -0.1) is 0 Å². The summed E-state index contributed by atoms with van der Waals surface area (Å²) in [6, 6.07) is 19.7. The number of carbonyl (C=O) groups excluding carboxylic acids is 1. The summed E-state index contributed by atoms with van der Waals surface area (Å²) >= 11 is 0. The van der Waals surface area contributed by atoms with E-state index in [0.717, 1.165) is 16.5 Å². The number of benzene rings is 3. The van der Waals surface area contributed by atoms with Gasteiger partial charge in [-0.1, -0.05) is 36.4 Å². The summed E-state index contributed by atoms with van der Waals surface area (Å²) in [5, 5.41) is 4.94. The third-order valence-corrected chi connectivity index (χ3v) is 5.46. The molecule has 0 unspecified atom stereocenters. The maximum atomic E-state index is 12.2. The number of fused-ring (bicyclic) bond motifs is 1. The van der Waals surface area contributed by atoms with Gasteiger partial charge in [-0.2, -0.15) is 0 Å². The second-order valence-corrected chi connectivity index (χ2v) is 7.74. The molecule has 0 aliphatic carbocycles. The van der Waals surface area contributed by atoms with Gasteiger partial charge >= 0.3 is 0 Å². The molecular weight excluding hydrogens is 364 g/mol. The molecule has 0 heterocycles. The second-order valence-electron chi connectivity index (χ2n) is 5.85. The van der Waals surface area contributed by atoms with Crippen LogP contribution in [0.1, 0.15) is 10.4 Å². The van der Waals surface area contributed by atoms with Gasteiger partial charge in [0.05, 0.1) is 11.4 Å². The van der Waals surface area contributed by atoms with Crippen LogP contribution in [0.3, 0.4) is 0 Å². The van der Waals surface area contributed by atoms with Crippen molar-refractivity contribution in [3.05, 3.63) is 72.3 Å². The molecule has 0 saturated carbocycles. The Hall–Kier alpha value is -2.90. The Bertz CT molecular complexity index is 1060. The highest BCUT2D eigenvalue weighted by atomic mass is 32.2. The summed E-state index contributed by atoms with van der Waals surface area (Å²) in [5.41, 5.74) is 0.275. The molecule has 0 aliphatic rings. The predicted molar refractivity (Wildman–Crippen MR) is 104 cm³/mol. The highest BCUT2D eigenvalue weighted by Crippen LogP contribution is 2.20. The standard InChI is InChI=1S/C20H20N2O4S/c1-21-27(24,25)19-8-4-7-17(14-19)20(23)22-11-12-26-18-10-9-15-5-2-3-6-16(15)13-18/h2-10,13-14,21H,11-12H2,1H3,(H,22,23). The van der Waals surface area contributed by atoms with E-state index in [1.54, 1.807) is 6.07 Å². The summed E-state index contributed by atoms with van der Waals surface area (Å²) in [6.45, 7) is 0.604. The largest absolute Gasteiger partial charge is 0.492 e. The molecule has 0 atom stereocenters. The minimum Gasteiger partial charge on any atom is -0.492 e. The van der Waals surface area contributed by atoms with Crippen molar-refractivity contribution >= 4 is 26.7 Å². The van der Waals surface area contributed by atoms with Crippen LogP contribution >= 0.6 is 0 Å². The van der Waals surface area contributed by atoms with Crippen molar-refractivity contribution < 1.29 is 17.9 Å². The average Bonchev–Trinajstić information content (AvgIpc) is 2.71. The summed E-state index contributed by atoms with van der Waals surface area (Å²) in [4.78, 5) is 12.3. The number of rotatable bonds is 7. The number of nitrogens with one attached hydrogen (secondary N) is 2. The van der Waals surface area contributed by atoms with Gasteiger partial charge in [-0.3, -0.25) is 4.79 Å². The molecule has 1 amide bonds. The molecule has 2 N–H and O–H groups in total. The van der Waals surface area contributed by atoms with Crippen LogP contribution in [0.5, 0.6) is 5.75 Å². The quantitative estimate of drug-likeness (QED) is 0.613. The number of hydrogen-bond donors (Lipinski definition) is 2. The molecule has 27 heavy (non-hydrogen) atoms. The topological polar surface area (TPSA) is 84.5 Å². The number of ether oxygens (including phenoxy) is 1. The number of amides is 1. The summed E-state index contributed by atoms with van der Waals surface area (Å²) in [6.07, 6.45) is 0. The van der Waals surface area contributed by atoms with E-state index in [-0.39, 0.29) is 16.4 Å². The Morgan fingerprint density at radius 2 is 1.74 bits per heavy atom. The molecule has 140 valence electrons. The molecule has 0 bridgehead atoms. The molecule has 0 aliphatic heterocycles. The molecule has 0 spiro atoms. The maximum Gasteiger partial charge on any atom is 0.251 e. The molecule has 0 saturated heterocycles. The van der Waals surface area contributed by atoms with Crippen LogP contribution in [0.15, 0.2) is 71.6 Å². The summed E-state index contributed by atoms with van der Waals surface area (Å²) in [7, 11) is -2.26. The van der Waals surface area contributed by atoms with Gasteiger partial charge in [0, 0.05) is 5.56 Å². The zero-order chi connectivity index (χ0) is 19.3. The van der Waals surface area contributed by atoms with Crippen LogP contribution in [0.2, 0.25) is 0 Å². The lowest BCUT2D eigenvalue weighted by atomic mass is 10.1. The van der Waals surface area contributed by atoms with Gasteiger partial charge in [-0.25, -0.2) is 13.1 Å². The van der Waals surface area contributed by atoms with E-state index in [2.05, 4.69) is 10.0 Å². The Morgan fingerprint density at radius 1 is 0.963 bits per heavy atom. The lowest BCUT2D eigenvalue weighted by Crippen LogP contribution is -2.28. The van der Waals surface area contributed by atoms with Gasteiger partial charge in [0.1, 0.15) is 12.4 Å². The summed E-state index contributed by atoms with van der Waals surface area (Å²) in [5.74, 6) is 0.371. The van der Waals surface area contributed by atoms with E-state index in [4.69, 9.17) is 4.74 Å². The molecule has 3 aromatic carbocycles. The molecule has 6 nitrogen and oxygen atoms in total. The monoisotopic (exact) mass is 384 g/mol. The molecular formula is C20H20N2O4S. The maximum absolute atomic E-state index is 12.2. The van der Waals surface area contributed by atoms with E-state index in [1.807, 2.05) is 42.5 Å². The molecule has 0 radical (unpaired) electrons. The molecule has 7 heteroatoms. The third kappa shape index (κ3) is 4.64. The van der Waals surface area contributed by atoms with Crippen LogP contribution in [-0.2, 0) is 10.0 Å². The van der Waals surface area contributed by atoms with Crippen molar-refractivity contribution in [3.8, 4) is 5.75 Å². The number of hydrogen-bond acceptors (Lipinski definition) is 4. The first kappa shape index (κ1) is 18.9. The molecule has 3 rings (SSSR count). The second kappa shape index (κ2) is 8.20. The molecule has 0 aromatic heterocycles. The van der Waals surface area contributed by atoms with Crippen LogP contribution in [0, 0.1) is 0 Å². The van der Waals surface area contributed by atoms with Gasteiger partial charge in [0.25, 0.3) is 5.91 Å². The van der Waals surface area contributed by atoms with E-state index in [9.17, 15) is 13.2 Å². The fourth-order valence-electron chi connectivity index (χ4n) is 2.62. The lowest BCUT2D eigenvalue weighted by Gasteiger charge is -2.09. The van der Waals surface area contributed by atoms with E-state index in [1.165, 1.54) is 25.2 Å². The Kier molecular flexibility index (Phi) is 5.73. The minimum atomic E-state index is -3.59. The van der Waals surface area contributed by atoms with Crippen LogP contribution in [0.25, 0.3) is 10.8 Å². The van der Waals surface area contributed by atoms with Crippen molar-refractivity contribution in [2.24, 2.45) is 0 Å². The van der Waals surface area contributed by atoms with E-state index < -0.39 is 10.0 Å². The van der Waals surface area contributed by atoms with E-state index in [0.29, 0.717) is 13.2 Å². The van der Waals surface area contributed by atoms with Crippen LogP contribution in [-0.4, -0.2) is 34.5 Å². The van der Waals surface area contributed by atoms with E-state index >= 15 is 0 Å². The molecule has 3 aromatic rings. The highest BCUT2D eigenvalue weighted by molar-refractivity contribution is 7.89. The average molecular weight is 384 g/mol. The predicted octanol–water partition coefficient (Wildman–Crippen LogP) is 2.56. The van der Waals surface area contributed by atoms with Crippen molar-refractivity contribution in [1.82, 2.24) is 10.0 Å². The first-order valence-electron chi connectivity index (χ1n) is 8.43. The fraction of sp³-hybridized carbons (Fsp3) is 0.150. The van der Waals surface area contributed by atoms with Crippen molar-refractivity contribution in [3.63, 3.8) is 0 Å². The first-order valence-corrected chi connectivity index (χ1v) is 9.91. The lowest BCUT2D eigenvalue weighted by molar-refractivity contribution is 0.0947. The number of carbonyl (C=O) groups is 1. The normalized spacial score (nSPS) is 11.3. The Labute approximate surface area is 158 Å². The SMILES string of the molecule is CNS(=O)(=O)c1cccc(C(=O)NCCOc2ccc3ccccc3c2)c1. The van der Waals surface area contributed by atoms with Gasteiger partial charge in [-0.05, 0) is 48.2 Å².